The number of thioether (sulfide) groups is 1. The summed E-state index contributed by atoms with van der Waals surface area (Å²) in [4.78, 5) is 1.37. The standard InChI is InChI=1S/C10H8OS/c1-2-4-7(5-3-1)9-6-8-10(11-8)12-9/h1-6,8,10H. The van der Waals surface area contributed by atoms with Crippen molar-refractivity contribution in [2.75, 3.05) is 0 Å². The predicted octanol–water partition coefficient (Wildman–Crippen LogP) is 2.50. The van der Waals surface area contributed by atoms with Crippen LogP contribution in [0.1, 0.15) is 5.56 Å². The molecule has 0 aromatic heterocycles. The highest BCUT2D eigenvalue weighted by molar-refractivity contribution is 8.09. The van der Waals surface area contributed by atoms with Crippen LogP contribution in [0.15, 0.2) is 36.4 Å². The van der Waals surface area contributed by atoms with Crippen LogP contribution in [0.4, 0.5) is 0 Å². The van der Waals surface area contributed by atoms with Gasteiger partial charge < -0.3 is 4.74 Å². The van der Waals surface area contributed by atoms with Crippen molar-refractivity contribution in [1.29, 1.82) is 0 Å². The topological polar surface area (TPSA) is 12.5 Å². The fourth-order valence-electron chi connectivity index (χ4n) is 1.40. The minimum absolute atomic E-state index is 0.408. The lowest BCUT2D eigenvalue weighted by molar-refractivity contribution is 0.428. The SMILES string of the molecule is C1=C(c2ccccc2)SC2OC12. The summed E-state index contributed by atoms with van der Waals surface area (Å²) in [5.41, 5.74) is 1.75. The highest BCUT2D eigenvalue weighted by Crippen LogP contribution is 2.49. The summed E-state index contributed by atoms with van der Waals surface area (Å²) in [6, 6.07) is 10.5. The van der Waals surface area contributed by atoms with Gasteiger partial charge in [0, 0.05) is 4.91 Å². The fraction of sp³-hybridized carbons (Fsp3) is 0.200. The third-order valence-electron chi connectivity index (χ3n) is 2.10. The van der Waals surface area contributed by atoms with Crippen molar-refractivity contribution in [3.05, 3.63) is 42.0 Å². The number of benzene rings is 1. The molecule has 0 spiro atoms. The normalized spacial score (nSPS) is 31.2. The Morgan fingerprint density at radius 1 is 1.17 bits per heavy atom. The van der Waals surface area contributed by atoms with Crippen molar-refractivity contribution in [1.82, 2.24) is 0 Å². The molecule has 2 aliphatic rings. The van der Waals surface area contributed by atoms with Gasteiger partial charge in [-0.2, -0.15) is 0 Å². The van der Waals surface area contributed by atoms with Gasteiger partial charge in [0.1, 0.15) is 11.5 Å². The Labute approximate surface area is 75.4 Å². The van der Waals surface area contributed by atoms with Crippen LogP contribution in [-0.2, 0) is 4.74 Å². The van der Waals surface area contributed by atoms with Gasteiger partial charge in [-0.1, -0.05) is 42.1 Å². The predicted molar refractivity (Wildman–Crippen MR) is 50.7 cm³/mol. The monoisotopic (exact) mass is 176 g/mol. The van der Waals surface area contributed by atoms with Crippen molar-refractivity contribution in [2.24, 2.45) is 0 Å². The maximum Gasteiger partial charge on any atom is 0.138 e. The van der Waals surface area contributed by atoms with E-state index in [1.54, 1.807) is 0 Å². The molecule has 2 aliphatic heterocycles. The number of fused-ring (bicyclic) bond motifs is 1. The second kappa shape index (κ2) is 2.38. The average Bonchev–Trinajstić information content (AvgIpc) is 2.75. The number of hydrogen-bond acceptors (Lipinski definition) is 2. The molecule has 2 unspecified atom stereocenters. The molecule has 1 saturated heterocycles. The summed E-state index contributed by atoms with van der Waals surface area (Å²) in [6.07, 6.45) is 2.62. The Morgan fingerprint density at radius 3 is 2.67 bits per heavy atom. The van der Waals surface area contributed by atoms with Crippen LogP contribution < -0.4 is 0 Å². The van der Waals surface area contributed by atoms with Gasteiger partial charge in [-0.15, -0.1) is 0 Å². The lowest BCUT2D eigenvalue weighted by atomic mass is 10.2. The Hall–Kier alpha value is -0.730. The van der Waals surface area contributed by atoms with E-state index < -0.39 is 0 Å². The maximum absolute atomic E-state index is 5.29. The van der Waals surface area contributed by atoms with Gasteiger partial charge in [0.15, 0.2) is 0 Å². The van der Waals surface area contributed by atoms with Crippen LogP contribution in [0.5, 0.6) is 0 Å². The van der Waals surface area contributed by atoms with E-state index in [4.69, 9.17) is 4.74 Å². The molecule has 2 heterocycles. The minimum atomic E-state index is 0.408. The number of hydrogen-bond donors (Lipinski definition) is 0. The molecule has 0 saturated carbocycles. The fourth-order valence-corrected chi connectivity index (χ4v) is 2.53. The highest BCUT2D eigenvalue weighted by Gasteiger charge is 2.43. The lowest BCUT2D eigenvalue weighted by Crippen LogP contribution is -1.77. The molecule has 0 bridgehead atoms. The Morgan fingerprint density at radius 2 is 2.00 bits per heavy atom. The van der Waals surface area contributed by atoms with E-state index in [0.717, 1.165) is 0 Å². The van der Waals surface area contributed by atoms with Crippen LogP contribution in [0.25, 0.3) is 4.91 Å². The summed E-state index contributed by atoms with van der Waals surface area (Å²) < 4.78 is 5.29. The summed E-state index contributed by atoms with van der Waals surface area (Å²) in [5, 5.41) is 0. The first-order valence-corrected chi connectivity index (χ1v) is 4.91. The van der Waals surface area contributed by atoms with E-state index in [-0.39, 0.29) is 0 Å². The number of rotatable bonds is 1. The van der Waals surface area contributed by atoms with E-state index in [9.17, 15) is 0 Å². The Kier molecular flexibility index (Phi) is 1.34. The molecule has 1 fully saturated rings. The van der Waals surface area contributed by atoms with Crippen molar-refractivity contribution in [3.8, 4) is 0 Å². The smallest absolute Gasteiger partial charge is 0.138 e. The van der Waals surface area contributed by atoms with Gasteiger partial charge in [-0.3, -0.25) is 0 Å². The molecule has 0 radical (unpaired) electrons. The Balaban J connectivity index is 1.95. The van der Waals surface area contributed by atoms with Crippen molar-refractivity contribution < 1.29 is 4.74 Å². The molecule has 2 atom stereocenters. The molecular weight excluding hydrogens is 168 g/mol. The first-order chi connectivity index (χ1) is 5.93. The molecule has 0 amide bonds. The molecule has 1 nitrogen and oxygen atoms in total. The maximum atomic E-state index is 5.29. The van der Waals surface area contributed by atoms with E-state index in [0.29, 0.717) is 11.5 Å². The van der Waals surface area contributed by atoms with Crippen LogP contribution in [-0.4, -0.2) is 11.5 Å². The molecule has 1 aromatic carbocycles. The van der Waals surface area contributed by atoms with Gasteiger partial charge >= 0.3 is 0 Å². The van der Waals surface area contributed by atoms with E-state index in [2.05, 4.69) is 30.3 Å². The Bertz CT molecular complexity index is 331. The molecular formula is C10H8OS. The quantitative estimate of drug-likeness (QED) is 0.609. The average molecular weight is 176 g/mol. The van der Waals surface area contributed by atoms with Gasteiger partial charge in [-0.05, 0) is 11.6 Å². The number of ether oxygens (including phenoxy) is 1. The van der Waals surface area contributed by atoms with Crippen molar-refractivity contribution in [3.63, 3.8) is 0 Å². The van der Waals surface area contributed by atoms with Gasteiger partial charge in [0.25, 0.3) is 0 Å². The first kappa shape index (κ1) is 6.75. The number of epoxide rings is 1. The van der Waals surface area contributed by atoms with E-state index in [1.165, 1.54) is 10.5 Å². The second-order valence-corrected chi connectivity index (χ2v) is 4.12. The van der Waals surface area contributed by atoms with Crippen molar-refractivity contribution in [2.45, 2.75) is 11.5 Å². The van der Waals surface area contributed by atoms with Gasteiger partial charge in [-0.25, -0.2) is 0 Å². The summed E-state index contributed by atoms with van der Waals surface area (Å²) >= 11 is 1.83. The lowest BCUT2D eigenvalue weighted by Gasteiger charge is -2.00. The van der Waals surface area contributed by atoms with Crippen LogP contribution >= 0.6 is 11.8 Å². The molecule has 0 N–H and O–H groups in total. The van der Waals surface area contributed by atoms with Crippen molar-refractivity contribution >= 4 is 16.7 Å². The van der Waals surface area contributed by atoms with Crippen LogP contribution in [0, 0.1) is 0 Å². The van der Waals surface area contributed by atoms with Crippen LogP contribution in [0.2, 0.25) is 0 Å². The third kappa shape index (κ3) is 0.993. The summed E-state index contributed by atoms with van der Waals surface area (Å²) in [6.45, 7) is 0. The largest absolute Gasteiger partial charge is 0.353 e. The van der Waals surface area contributed by atoms with E-state index in [1.807, 2.05) is 17.8 Å². The minimum Gasteiger partial charge on any atom is -0.353 e. The molecule has 60 valence electrons. The van der Waals surface area contributed by atoms with Gasteiger partial charge in [0.05, 0.1) is 0 Å². The third-order valence-corrected chi connectivity index (χ3v) is 3.34. The summed E-state index contributed by atoms with van der Waals surface area (Å²) in [7, 11) is 0. The zero-order chi connectivity index (χ0) is 7.97. The first-order valence-electron chi connectivity index (χ1n) is 4.03. The molecule has 2 heteroatoms. The molecule has 12 heavy (non-hydrogen) atoms. The zero-order valence-corrected chi connectivity index (χ0v) is 7.25. The highest BCUT2D eigenvalue weighted by atomic mass is 32.2. The zero-order valence-electron chi connectivity index (χ0n) is 6.44. The van der Waals surface area contributed by atoms with Crippen LogP contribution in [0.3, 0.4) is 0 Å². The molecule has 0 aliphatic carbocycles. The van der Waals surface area contributed by atoms with E-state index >= 15 is 0 Å². The molecule has 1 aromatic rings. The van der Waals surface area contributed by atoms with Gasteiger partial charge in [0.2, 0.25) is 0 Å². The summed E-state index contributed by atoms with van der Waals surface area (Å²) in [5.74, 6) is 0. The second-order valence-electron chi connectivity index (χ2n) is 2.98. The molecule has 3 rings (SSSR count).